The Morgan fingerprint density at radius 2 is 1.86 bits per heavy atom. The highest BCUT2D eigenvalue weighted by atomic mass is 15.2. The van der Waals surface area contributed by atoms with Crippen LogP contribution >= 0.6 is 0 Å². The van der Waals surface area contributed by atoms with Gasteiger partial charge in [-0.1, -0.05) is 0 Å². The number of aromatic nitrogens is 1. The molecule has 1 N–H and O–H groups in total. The molecule has 4 nitrogen and oxygen atoms in total. The Morgan fingerprint density at radius 3 is 2.52 bits per heavy atom. The van der Waals surface area contributed by atoms with Crippen LogP contribution in [-0.4, -0.2) is 49.7 Å². The lowest BCUT2D eigenvalue weighted by atomic mass is 9.97. The average molecular weight is 288 g/mol. The first kappa shape index (κ1) is 14.6. The van der Waals surface area contributed by atoms with Gasteiger partial charge in [0.2, 0.25) is 0 Å². The van der Waals surface area contributed by atoms with Crippen molar-refractivity contribution in [2.24, 2.45) is 5.92 Å². The summed E-state index contributed by atoms with van der Waals surface area (Å²) < 4.78 is 0. The number of nitrogens with one attached hydrogen (secondary N) is 1. The predicted octanol–water partition coefficient (Wildman–Crippen LogP) is 2.83. The maximum absolute atomic E-state index is 4.63. The molecule has 0 bridgehead atoms. The molecule has 21 heavy (non-hydrogen) atoms. The molecule has 2 fully saturated rings. The quantitative estimate of drug-likeness (QED) is 0.923. The number of piperidine rings is 2. The van der Waals surface area contributed by atoms with Gasteiger partial charge in [0.15, 0.2) is 0 Å². The van der Waals surface area contributed by atoms with Gasteiger partial charge in [0.1, 0.15) is 5.82 Å². The summed E-state index contributed by atoms with van der Waals surface area (Å²) in [7, 11) is 2.22. The number of nitrogens with zero attached hydrogens (tertiary/aromatic N) is 3. The lowest BCUT2D eigenvalue weighted by molar-refractivity contribution is 0.226. The second-order valence-electron chi connectivity index (χ2n) is 6.58. The summed E-state index contributed by atoms with van der Waals surface area (Å²) in [4.78, 5) is 9.46. The van der Waals surface area contributed by atoms with Gasteiger partial charge in [0, 0.05) is 19.6 Å². The van der Waals surface area contributed by atoms with E-state index in [9.17, 15) is 0 Å². The number of pyridine rings is 1. The van der Waals surface area contributed by atoms with Crippen molar-refractivity contribution in [3.05, 3.63) is 18.3 Å². The van der Waals surface area contributed by atoms with E-state index in [0.717, 1.165) is 37.1 Å². The molecule has 2 aliphatic heterocycles. The molecule has 0 amide bonds. The SMILES string of the molecule is CN1CCC(CNc2ccc(N3CCCCC3)nc2)CC1. The van der Waals surface area contributed by atoms with E-state index in [4.69, 9.17) is 0 Å². The lowest BCUT2D eigenvalue weighted by Crippen LogP contribution is -2.33. The fourth-order valence-corrected chi connectivity index (χ4v) is 3.33. The van der Waals surface area contributed by atoms with Crippen LogP contribution in [0.5, 0.6) is 0 Å². The minimum absolute atomic E-state index is 0.808. The Kier molecular flexibility index (Phi) is 4.96. The van der Waals surface area contributed by atoms with Crippen LogP contribution in [0.25, 0.3) is 0 Å². The lowest BCUT2D eigenvalue weighted by Gasteiger charge is -2.29. The van der Waals surface area contributed by atoms with Gasteiger partial charge in [0.25, 0.3) is 0 Å². The third kappa shape index (κ3) is 4.10. The van der Waals surface area contributed by atoms with E-state index in [1.165, 1.54) is 45.2 Å². The molecule has 2 saturated heterocycles. The zero-order chi connectivity index (χ0) is 14.5. The van der Waals surface area contributed by atoms with Crippen molar-refractivity contribution in [3.63, 3.8) is 0 Å². The van der Waals surface area contributed by atoms with Crippen LogP contribution in [-0.2, 0) is 0 Å². The number of anilines is 2. The van der Waals surface area contributed by atoms with Crippen molar-refractivity contribution < 1.29 is 0 Å². The van der Waals surface area contributed by atoms with E-state index in [-0.39, 0.29) is 0 Å². The Morgan fingerprint density at radius 1 is 1.10 bits per heavy atom. The first-order valence-electron chi connectivity index (χ1n) is 8.45. The van der Waals surface area contributed by atoms with Gasteiger partial charge in [-0.25, -0.2) is 4.98 Å². The highest BCUT2D eigenvalue weighted by Crippen LogP contribution is 2.20. The van der Waals surface area contributed by atoms with Gasteiger partial charge < -0.3 is 15.1 Å². The second kappa shape index (κ2) is 7.12. The Hall–Kier alpha value is -1.29. The van der Waals surface area contributed by atoms with Crippen LogP contribution in [0, 0.1) is 5.92 Å². The summed E-state index contributed by atoms with van der Waals surface area (Å²) in [5.41, 5.74) is 1.16. The van der Waals surface area contributed by atoms with Gasteiger partial charge in [0.05, 0.1) is 11.9 Å². The van der Waals surface area contributed by atoms with Crippen LogP contribution in [0.1, 0.15) is 32.1 Å². The molecule has 4 heteroatoms. The molecule has 3 heterocycles. The van der Waals surface area contributed by atoms with Crippen molar-refractivity contribution in [3.8, 4) is 0 Å². The van der Waals surface area contributed by atoms with E-state index in [0.29, 0.717) is 0 Å². The predicted molar refractivity (Wildman–Crippen MR) is 89.0 cm³/mol. The fourth-order valence-electron chi connectivity index (χ4n) is 3.33. The topological polar surface area (TPSA) is 31.4 Å². The highest BCUT2D eigenvalue weighted by molar-refractivity contribution is 5.48. The summed E-state index contributed by atoms with van der Waals surface area (Å²) in [5.74, 6) is 1.95. The largest absolute Gasteiger partial charge is 0.384 e. The zero-order valence-corrected chi connectivity index (χ0v) is 13.2. The van der Waals surface area contributed by atoms with Crippen molar-refractivity contribution in [2.75, 3.05) is 50.0 Å². The van der Waals surface area contributed by atoms with Crippen LogP contribution in [0.15, 0.2) is 18.3 Å². The molecule has 0 spiro atoms. The summed E-state index contributed by atoms with van der Waals surface area (Å²) in [6, 6.07) is 4.36. The van der Waals surface area contributed by atoms with E-state index in [1.807, 2.05) is 6.20 Å². The summed E-state index contributed by atoms with van der Waals surface area (Å²) in [6.45, 7) is 5.88. The van der Waals surface area contributed by atoms with Crippen LogP contribution in [0.3, 0.4) is 0 Å². The molecule has 1 aromatic heterocycles. The van der Waals surface area contributed by atoms with Crippen LogP contribution < -0.4 is 10.2 Å². The van der Waals surface area contributed by atoms with E-state index in [1.54, 1.807) is 0 Å². The zero-order valence-electron chi connectivity index (χ0n) is 13.2. The van der Waals surface area contributed by atoms with Gasteiger partial charge >= 0.3 is 0 Å². The standard InChI is InChI=1S/C17H28N4/c1-20-11-7-15(8-12-20)13-18-16-5-6-17(19-14-16)21-9-3-2-4-10-21/h5-6,14-15,18H,2-4,7-13H2,1H3. The van der Waals surface area contributed by atoms with Gasteiger partial charge in [-0.05, 0) is 70.3 Å². The first-order chi connectivity index (χ1) is 10.3. The monoisotopic (exact) mass is 288 g/mol. The molecular weight excluding hydrogens is 260 g/mol. The molecule has 2 aliphatic rings. The molecule has 1 aromatic rings. The summed E-state index contributed by atoms with van der Waals surface area (Å²) in [6.07, 6.45) is 8.59. The smallest absolute Gasteiger partial charge is 0.128 e. The molecular formula is C17H28N4. The van der Waals surface area contributed by atoms with Crippen molar-refractivity contribution in [1.82, 2.24) is 9.88 Å². The normalized spacial score (nSPS) is 21.5. The van der Waals surface area contributed by atoms with Crippen molar-refractivity contribution >= 4 is 11.5 Å². The molecule has 116 valence electrons. The number of rotatable bonds is 4. The van der Waals surface area contributed by atoms with Crippen LogP contribution in [0.2, 0.25) is 0 Å². The molecule has 0 aromatic carbocycles. The molecule has 0 radical (unpaired) electrons. The summed E-state index contributed by atoms with van der Waals surface area (Å²) >= 11 is 0. The Bertz CT molecular complexity index is 417. The molecule has 3 rings (SSSR count). The minimum Gasteiger partial charge on any atom is -0.384 e. The number of likely N-dealkylation sites (tertiary alicyclic amines) is 1. The third-order valence-electron chi connectivity index (χ3n) is 4.86. The van der Waals surface area contributed by atoms with E-state index >= 15 is 0 Å². The number of hydrogen-bond donors (Lipinski definition) is 1. The van der Waals surface area contributed by atoms with Gasteiger partial charge in [-0.2, -0.15) is 0 Å². The molecule has 0 aliphatic carbocycles. The number of hydrogen-bond acceptors (Lipinski definition) is 4. The van der Waals surface area contributed by atoms with E-state index in [2.05, 4.69) is 39.3 Å². The fraction of sp³-hybridized carbons (Fsp3) is 0.706. The Labute approximate surface area is 128 Å². The minimum atomic E-state index is 0.808. The maximum Gasteiger partial charge on any atom is 0.128 e. The molecule has 0 atom stereocenters. The third-order valence-corrected chi connectivity index (χ3v) is 4.86. The van der Waals surface area contributed by atoms with Crippen molar-refractivity contribution in [1.29, 1.82) is 0 Å². The highest BCUT2D eigenvalue weighted by Gasteiger charge is 2.16. The second-order valence-corrected chi connectivity index (χ2v) is 6.58. The summed E-state index contributed by atoms with van der Waals surface area (Å²) in [5, 5.41) is 3.56. The van der Waals surface area contributed by atoms with Crippen molar-refractivity contribution in [2.45, 2.75) is 32.1 Å². The van der Waals surface area contributed by atoms with E-state index < -0.39 is 0 Å². The maximum atomic E-state index is 4.63. The molecule has 0 unspecified atom stereocenters. The van der Waals surface area contributed by atoms with Crippen LogP contribution in [0.4, 0.5) is 11.5 Å². The van der Waals surface area contributed by atoms with Gasteiger partial charge in [-0.3, -0.25) is 0 Å². The molecule has 0 saturated carbocycles. The first-order valence-corrected chi connectivity index (χ1v) is 8.45. The average Bonchev–Trinajstić information content (AvgIpc) is 2.56. The van der Waals surface area contributed by atoms with Gasteiger partial charge in [-0.15, -0.1) is 0 Å². The Balaban J connectivity index is 1.48.